The summed E-state index contributed by atoms with van der Waals surface area (Å²) in [5.41, 5.74) is 0.269. The van der Waals surface area contributed by atoms with E-state index in [0.29, 0.717) is 12.8 Å². The van der Waals surface area contributed by atoms with E-state index in [-0.39, 0.29) is 59.0 Å². The first-order chi connectivity index (χ1) is 13.8. The van der Waals surface area contributed by atoms with E-state index in [1.165, 1.54) is 4.90 Å². The molecular formula is C20H21Cl2N3O4. The summed E-state index contributed by atoms with van der Waals surface area (Å²) in [6.07, 6.45) is 4.80. The largest absolute Gasteiger partial charge is 0.332 e. The summed E-state index contributed by atoms with van der Waals surface area (Å²) < 4.78 is 0. The van der Waals surface area contributed by atoms with Crippen LogP contribution in [0, 0.1) is 11.8 Å². The number of imide groups is 1. The first-order valence-corrected chi connectivity index (χ1v) is 10.1. The first-order valence-electron chi connectivity index (χ1n) is 9.35. The molecule has 1 aliphatic heterocycles. The van der Waals surface area contributed by atoms with Crippen LogP contribution in [0.2, 0.25) is 10.0 Å². The Bertz CT molecular complexity index is 840. The Morgan fingerprint density at radius 3 is 2.17 bits per heavy atom. The van der Waals surface area contributed by atoms with Crippen LogP contribution in [0.4, 0.5) is 5.69 Å². The third-order valence-corrected chi connectivity index (χ3v) is 5.82. The first kappa shape index (κ1) is 21.3. The molecule has 0 radical (unpaired) electrons. The highest BCUT2D eigenvalue weighted by Gasteiger charge is 2.47. The van der Waals surface area contributed by atoms with Crippen LogP contribution in [0.3, 0.4) is 0 Å². The second-order valence-corrected chi connectivity index (χ2v) is 7.79. The average molecular weight is 438 g/mol. The molecule has 1 aromatic rings. The molecule has 0 saturated carbocycles. The number of halogens is 2. The molecule has 0 aromatic heterocycles. The minimum Gasteiger partial charge on any atom is -0.332 e. The molecular weight excluding hydrogens is 417 g/mol. The van der Waals surface area contributed by atoms with E-state index in [1.54, 1.807) is 25.1 Å². The lowest BCUT2D eigenvalue weighted by atomic mass is 9.85. The lowest BCUT2D eigenvalue weighted by Gasteiger charge is -2.23. The highest BCUT2D eigenvalue weighted by molar-refractivity contribution is 6.39. The van der Waals surface area contributed by atoms with E-state index in [9.17, 15) is 19.2 Å². The van der Waals surface area contributed by atoms with Gasteiger partial charge in [0.2, 0.25) is 23.6 Å². The van der Waals surface area contributed by atoms with Crippen LogP contribution in [-0.2, 0) is 19.2 Å². The molecule has 1 saturated heterocycles. The van der Waals surface area contributed by atoms with E-state index in [1.807, 2.05) is 12.2 Å². The Labute approximate surface area is 178 Å². The van der Waals surface area contributed by atoms with Gasteiger partial charge in [0.1, 0.15) is 6.54 Å². The number of anilines is 1. The van der Waals surface area contributed by atoms with Gasteiger partial charge in [0.05, 0.1) is 34.1 Å². The molecule has 29 heavy (non-hydrogen) atoms. The number of rotatable bonds is 6. The number of likely N-dealkylation sites (N-methyl/N-ethyl adjacent to an activating group) is 1. The fourth-order valence-electron chi connectivity index (χ4n) is 3.61. The predicted molar refractivity (Wildman–Crippen MR) is 109 cm³/mol. The number of para-hydroxylation sites is 1. The summed E-state index contributed by atoms with van der Waals surface area (Å²) >= 11 is 12.1. The lowest BCUT2D eigenvalue weighted by molar-refractivity contribution is -0.146. The van der Waals surface area contributed by atoms with Gasteiger partial charge >= 0.3 is 0 Å². The minimum absolute atomic E-state index is 0.243. The third kappa shape index (κ3) is 4.46. The second kappa shape index (κ2) is 8.97. The van der Waals surface area contributed by atoms with Crippen LogP contribution in [0.1, 0.15) is 19.8 Å². The number of benzene rings is 1. The topological polar surface area (TPSA) is 86.8 Å². The van der Waals surface area contributed by atoms with Crippen molar-refractivity contribution < 1.29 is 19.2 Å². The Morgan fingerprint density at radius 2 is 1.66 bits per heavy atom. The maximum absolute atomic E-state index is 12.7. The van der Waals surface area contributed by atoms with Gasteiger partial charge in [-0.05, 0) is 31.9 Å². The van der Waals surface area contributed by atoms with Gasteiger partial charge in [-0.15, -0.1) is 0 Å². The van der Waals surface area contributed by atoms with Gasteiger partial charge in [-0.1, -0.05) is 41.4 Å². The Balaban J connectivity index is 1.63. The Hall–Kier alpha value is -2.38. The number of likely N-dealkylation sites (tertiary alicyclic amines) is 1. The van der Waals surface area contributed by atoms with Crippen LogP contribution in [0.25, 0.3) is 0 Å². The number of carbonyl (C=O) groups is 4. The van der Waals surface area contributed by atoms with Crippen LogP contribution in [-0.4, -0.2) is 53.1 Å². The van der Waals surface area contributed by atoms with Gasteiger partial charge in [0, 0.05) is 6.54 Å². The van der Waals surface area contributed by atoms with Gasteiger partial charge < -0.3 is 10.2 Å². The number of hydrogen-bond acceptors (Lipinski definition) is 4. The van der Waals surface area contributed by atoms with Crippen molar-refractivity contribution in [2.24, 2.45) is 11.8 Å². The van der Waals surface area contributed by atoms with E-state index < -0.39 is 11.8 Å². The monoisotopic (exact) mass is 437 g/mol. The Kier molecular flexibility index (Phi) is 6.59. The summed E-state index contributed by atoms with van der Waals surface area (Å²) in [7, 11) is 0. The number of nitrogens with zero attached hydrogens (tertiary/aromatic N) is 2. The molecule has 2 atom stereocenters. The molecule has 9 heteroatoms. The number of hydrogen-bond donors (Lipinski definition) is 1. The molecule has 1 aromatic carbocycles. The zero-order valence-electron chi connectivity index (χ0n) is 15.9. The molecule has 0 unspecified atom stereocenters. The molecule has 154 valence electrons. The van der Waals surface area contributed by atoms with Gasteiger partial charge in [-0.25, -0.2) is 0 Å². The average Bonchev–Trinajstić information content (AvgIpc) is 2.94. The van der Waals surface area contributed by atoms with Crippen molar-refractivity contribution in [3.05, 3.63) is 40.4 Å². The van der Waals surface area contributed by atoms with Crippen LogP contribution >= 0.6 is 23.2 Å². The number of nitrogens with one attached hydrogen (secondary N) is 1. The van der Waals surface area contributed by atoms with Crippen molar-refractivity contribution in [3.8, 4) is 0 Å². The lowest BCUT2D eigenvalue weighted by Crippen LogP contribution is -2.45. The molecule has 7 nitrogen and oxygen atoms in total. The summed E-state index contributed by atoms with van der Waals surface area (Å²) in [6.45, 7) is 1.35. The van der Waals surface area contributed by atoms with Crippen molar-refractivity contribution in [2.75, 3.05) is 25.0 Å². The highest BCUT2D eigenvalue weighted by Crippen LogP contribution is 2.35. The molecule has 4 amide bonds. The standard InChI is InChI=1S/C20H21Cl2N3O4/c1-2-24(10-16(26)23-18-14(21)8-5-9-15(18)22)17(27)11-25-19(28)12-6-3-4-7-13(12)20(25)29/h3-5,8-9,12-13H,2,6-7,10-11H2,1H3,(H,23,26)/t12-,13+. The third-order valence-electron chi connectivity index (χ3n) is 5.19. The summed E-state index contributed by atoms with van der Waals surface area (Å²) in [5, 5.41) is 3.16. The SMILES string of the molecule is CCN(CC(=O)Nc1c(Cl)cccc1Cl)C(=O)CN1C(=O)[C@H]2CC=CC[C@H]2C1=O. The quantitative estimate of drug-likeness (QED) is 0.547. The van der Waals surface area contributed by atoms with E-state index >= 15 is 0 Å². The molecule has 2 aliphatic rings. The maximum Gasteiger partial charge on any atom is 0.244 e. The smallest absolute Gasteiger partial charge is 0.244 e. The fraction of sp³-hybridized carbons (Fsp3) is 0.400. The van der Waals surface area contributed by atoms with Crippen LogP contribution in [0.5, 0.6) is 0 Å². The van der Waals surface area contributed by atoms with Gasteiger partial charge in [-0.3, -0.25) is 24.1 Å². The van der Waals surface area contributed by atoms with Gasteiger partial charge in [0.25, 0.3) is 0 Å². The van der Waals surface area contributed by atoms with Crippen molar-refractivity contribution >= 4 is 52.5 Å². The van der Waals surface area contributed by atoms with Crippen molar-refractivity contribution in [3.63, 3.8) is 0 Å². The number of carbonyl (C=O) groups excluding carboxylic acids is 4. The summed E-state index contributed by atoms with van der Waals surface area (Å²) in [6, 6.07) is 4.83. The fourth-order valence-corrected chi connectivity index (χ4v) is 4.10. The normalized spacial score (nSPS) is 20.6. The number of allylic oxidation sites excluding steroid dienone is 2. The number of amides is 4. The molecule has 3 rings (SSSR count). The van der Waals surface area contributed by atoms with Crippen LogP contribution < -0.4 is 5.32 Å². The Morgan fingerprint density at radius 1 is 1.10 bits per heavy atom. The number of fused-ring (bicyclic) bond motifs is 1. The van der Waals surface area contributed by atoms with Crippen molar-refractivity contribution in [2.45, 2.75) is 19.8 Å². The molecule has 1 aliphatic carbocycles. The molecule has 1 N–H and O–H groups in total. The van der Waals surface area contributed by atoms with Crippen molar-refractivity contribution in [1.29, 1.82) is 0 Å². The zero-order valence-corrected chi connectivity index (χ0v) is 17.4. The molecule has 0 bridgehead atoms. The molecule has 0 spiro atoms. The zero-order chi connectivity index (χ0) is 21.1. The molecule has 1 heterocycles. The maximum atomic E-state index is 12.7. The molecule has 1 fully saturated rings. The van der Waals surface area contributed by atoms with Gasteiger partial charge in [-0.2, -0.15) is 0 Å². The van der Waals surface area contributed by atoms with E-state index in [4.69, 9.17) is 23.2 Å². The highest BCUT2D eigenvalue weighted by atomic mass is 35.5. The summed E-state index contributed by atoms with van der Waals surface area (Å²) in [4.78, 5) is 52.4. The minimum atomic E-state index is -0.479. The second-order valence-electron chi connectivity index (χ2n) is 6.97. The van der Waals surface area contributed by atoms with E-state index in [0.717, 1.165) is 4.90 Å². The van der Waals surface area contributed by atoms with E-state index in [2.05, 4.69) is 5.32 Å². The van der Waals surface area contributed by atoms with Gasteiger partial charge in [0.15, 0.2) is 0 Å². The predicted octanol–water partition coefficient (Wildman–Crippen LogP) is 2.73. The summed E-state index contributed by atoms with van der Waals surface area (Å²) in [5.74, 6) is -2.36. The van der Waals surface area contributed by atoms with Crippen LogP contribution in [0.15, 0.2) is 30.4 Å². The van der Waals surface area contributed by atoms with Crippen molar-refractivity contribution in [1.82, 2.24) is 9.80 Å².